The molecule has 10 heteroatoms. The van der Waals surface area contributed by atoms with Gasteiger partial charge in [-0.15, -0.1) is 0 Å². The molecule has 26 heavy (non-hydrogen) atoms. The van der Waals surface area contributed by atoms with E-state index in [1.54, 1.807) is 0 Å². The van der Waals surface area contributed by atoms with Crippen LogP contribution in [-0.2, 0) is 20.0 Å². The highest BCUT2D eigenvalue weighted by molar-refractivity contribution is 7.92. The molecule has 2 aromatic carbocycles. The fourth-order valence-electron chi connectivity index (χ4n) is 2.46. The summed E-state index contributed by atoms with van der Waals surface area (Å²) < 4.78 is 54.6. The van der Waals surface area contributed by atoms with Gasteiger partial charge >= 0.3 is 10.0 Å². The van der Waals surface area contributed by atoms with Crippen LogP contribution in [0.25, 0.3) is 0 Å². The van der Waals surface area contributed by atoms with Crippen LogP contribution in [0.3, 0.4) is 0 Å². The zero-order valence-corrected chi connectivity index (χ0v) is 16.0. The molecule has 0 radical (unpaired) electrons. The maximum Gasteiger partial charge on any atom is 0.328 e. The Bertz CT molecular complexity index is 1050. The number of nitrogens with one attached hydrogen (secondary N) is 3. The monoisotopic (exact) mass is 414 g/mol. The Balaban J connectivity index is 1.84. The van der Waals surface area contributed by atoms with Gasteiger partial charge in [-0.1, -0.05) is 17.7 Å². The predicted octanol–water partition coefficient (Wildman–Crippen LogP) is 0.692. The van der Waals surface area contributed by atoms with E-state index >= 15 is 0 Å². The van der Waals surface area contributed by atoms with Gasteiger partial charge in [0, 0.05) is 5.02 Å². The van der Waals surface area contributed by atoms with Crippen molar-refractivity contribution in [3.8, 4) is 0 Å². The van der Waals surface area contributed by atoms with Gasteiger partial charge in [-0.2, -0.15) is 13.1 Å². The van der Waals surface area contributed by atoms with Crippen LogP contribution in [0.5, 0.6) is 0 Å². The van der Waals surface area contributed by atoms with Crippen molar-refractivity contribution in [3.05, 3.63) is 53.6 Å². The summed E-state index contributed by atoms with van der Waals surface area (Å²) in [5.74, 6) is 0.539. The van der Waals surface area contributed by atoms with Crippen LogP contribution < -0.4 is 14.4 Å². The van der Waals surface area contributed by atoms with Gasteiger partial charge in [0.15, 0.2) is 0 Å². The molecule has 1 aliphatic rings. The van der Waals surface area contributed by atoms with E-state index < -0.39 is 20.0 Å². The maximum absolute atomic E-state index is 12.4. The molecule has 0 unspecified atom stereocenters. The van der Waals surface area contributed by atoms with Crippen LogP contribution in [0.4, 0.5) is 5.69 Å². The molecule has 138 valence electrons. The van der Waals surface area contributed by atoms with Crippen molar-refractivity contribution in [2.45, 2.75) is 22.6 Å². The van der Waals surface area contributed by atoms with E-state index in [2.05, 4.69) is 14.4 Å². The highest BCUT2D eigenvalue weighted by atomic mass is 35.5. The normalized spacial score (nSPS) is 14.7. The Morgan fingerprint density at radius 3 is 2.23 bits per heavy atom. The summed E-state index contributed by atoms with van der Waals surface area (Å²) in [6, 6.07) is 11.3. The van der Waals surface area contributed by atoms with Crippen molar-refractivity contribution >= 4 is 43.2 Å². The molecule has 2 aromatic rings. The van der Waals surface area contributed by atoms with Gasteiger partial charge in [-0.3, -0.25) is 9.71 Å². The topological polar surface area (TPSA) is 106 Å². The first-order chi connectivity index (χ1) is 12.3. The van der Waals surface area contributed by atoms with E-state index in [1.165, 1.54) is 48.5 Å². The number of benzene rings is 2. The summed E-state index contributed by atoms with van der Waals surface area (Å²) in [6.07, 6.45) is 1.49. The van der Waals surface area contributed by atoms with Crippen molar-refractivity contribution in [2.75, 3.05) is 11.3 Å². The third-order valence-electron chi connectivity index (χ3n) is 3.72. The molecule has 0 aromatic heterocycles. The van der Waals surface area contributed by atoms with E-state index in [4.69, 9.17) is 11.6 Å². The number of rotatable bonds is 5. The summed E-state index contributed by atoms with van der Waals surface area (Å²) in [5.41, 5.74) is 0.146. The molecule has 0 aliphatic carbocycles. The van der Waals surface area contributed by atoms with Crippen LogP contribution in [-0.4, -0.2) is 29.2 Å². The first-order valence-electron chi connectivity index (χ1n) is 7.77. The number of hydrogen-bond acceptors (Lipinski definition) is 4. The third-order valence-corrected chi connectivity index (χ3v) is 6.76. The molecule has 0 saturated carbocycles. The average molecular weight is 415 g/mol. The fraction of sp³-hybridized carbons (Fsp3) is 0.188. The zero-order valence-electron chi connectivity index (χ0n) is 13.6. The second-order valence-electron chi connectivity index (χ2n) is 5.70. The lowest BCUT2D eigenvalue weighted by Gasteiger charge is -2.09. The predicted molar refractivity (Wildman–Crippen MR) is 99.1 cm³/mol. The molecule has 3 rings (SSSR count). The van der Waals surface area contributed by atoms with Gasteiger partial charge in [0.1, 0.15) is 4.90 Å². The van der Waals surface area contributed by atoms with Crippen molar-refractivity contribution < 1.29 is 21.8 Å². The SMILES string of the molecule is O=S(=O)(NC1=[NH+]CCC1)c1cccc(NS(=O)(=O)c2ccc(Cl)cc2)c1. The summed E-state index contributed by atoms with van der Waals surface area (Å²) in [4.78, 5) is 2.96. The van der Waals surface area contributed by atoms with Crippen LogP contribution in [0.2, 0.25) is 5.02 Å². The second-order valence-corrected chi connectivity index (χ2v) is 9.50. The number of hydrogen-bond donors (Lipinski definition) is 3. The minimum absolute atomic E-state index is 0.0268. The minimum Gasteiger partial charge on any atom is -0.280 e. The molecular formula is C16H17ClN3O4S2+. The first-order valence-corrected chi connectivity index (χ1v) is 11.1. The van der Waals surface area contributed by atoms with Gasteiger partial charge in [-0.05, 0) is 48.9 Å². The minimum atomic E-state index is -3.86. The van der Waals surface area contributed by atoms with Crippen LogP contribution in [0, 0.1) is 0 Å². The molecule has 0 saturated heterocycles. The van der Waals surface area contributed by atoms with Crippen LogP contribution in [0.1, 0.15) is 12.8 Å². The first kappa shape index (κ1) is 18.7. The van der Waals surface area contributed by atoms with Gasteiger partial charge in [0.2, 0.25) is 0 Å². The van der Waals surface area contributed by atoms with E-state index in [0.29, 0.717) is 17.3 Å². The Morgan fingerprint density at radius 1 is 0.885 bits per heavy atom. The van der Waals surface area contributed by atoms with E-state index in [0.717, 1.165) is 13.0 Å². The fourth-order valence-corrected chi connectivity index (χ4v) is 4.79. The highest BCUT2D eigenvalue weighted by Crippen LogP contribution is 2.20. The van der Waals surface area contributed by atoms with Gasteiger partial charge in [0.05, 0.1) is 23.5 Å². The molecule has 0 amide bonds. The number of amidine groups is 1. The highest BCUT2D eigenvalue weighted by Gasteiger charge is 2.25. The van der Waals surface area contributed by atoms with Gasteiger partial charge in [0.25, 0.3) is 15.9 Å². The van der Waals surface area contributed by atoms with E-state index in [-0.39, 0.29) is 15.5 Å². The van der Waals surface area contributed by atoms with Gasteiger partial charge < -0.3 is 0 Å². The molecule has 7 nitrogen and oxygen atoms in total. The van der Waals surface area contributed by atoms with Crippen molar-refractivity contribution in [1.29, 1.82) is 0 Å². The summed E-state index contributed by atoms with van der Waals surface area (Å²) in [6.45, 7) is 0.721. The third kappa shape index (κ3) is 4.35. The number of anilines is 1. The smallest absolute Gasteiger partial charge is 0.280 e. The average Bonchev–Trinajstić information content (AvgIpc) is 3.07. The number of sulfonamides is 2. The van der Waals surface area contributed by atoms with Crippen molar-refractivity contribution in [1.82, 2.24) is 4.72 Å². The lowest BCUT2D eigenvalue weighted by Crippen LogP contribution is -2.72. The molecule has 0 bridgehead atoms. The molecule has 0 fully saturated rings. The van der Waals surface area contributed by atoms with Crippen LogP contribution in [0.15, 0.2) is 58.3 Å². The van der Waals surface area contributed by atoms with Crippen LogP contribution >= 0.6 is 11.6 Å². The van der Waals surface area contributed by atoms with E-state index in [9.17, 15) is 16.8 Å². The summed E-state index contributed by atoms with van der Waals surface area (Å²) in [5, 5.41) is 0.418. The van der Waals surface area contributed by atoms with E-state index in [1.807, 2.05) is 0 Å². The Hall–Kier alpha value is -2.10. The molecule has 3 N–H and O–H groups in total. The molecule has 1 aliphatic heterocycles. The van der Waals surface area contributed by atoms with Crippen molar-refractivity contribution in [3.63, 3.8) is 0 Å². The molecule has 1 heterocycles. The quantitative estimate of drug-likeness (QED) is 0.669. The van der Waals surface area contributed by atoms with Crippen molar-refractivity contribution in [2.24, 2.45) is 0 Å². The zero-order chi connectivity index (χ0) is 18.8. The molecular weight excluding hydrogens is 398 g/mol. The Labute approximate surface area is 157 Å². The summed E-state index contributed by atoms with van der Waals surface area (Å²) >= 11 is 5.77. The molecule has 0 atom stereocenters. The Morgan fingerprint density at radius 2 is 1.58 bits per heavy atom. The Kier molecular flexibility index (Phi) is 5.22. The lowest BCUT2D eigenvalue weighted by molar-refractivity contribution is -0.448. The summed E-state index contributed by atoms with van der Waals surface area (Å²) in [7, 11) is -7.65. The second kappa shape index (κ2) is 7.26. The maximum atomic E-state index is 12.4. The van der Waals surface area contributed by atoms with Gasteiger partial charge in [-0.25, -0.2) is 8.42 Å². The largest absolute Gasteiger partial charge is 0.328 e. The lowest BCUT2D eigenvalue weighted by atomic mass is 10.3. The standard InChI is InChI=1S/C16H16ClN3O4S2/c17-12-6-8-14(9-7-12)25(21,22)19-13-3-1-4-15(11-13)26(23,24)20-16-5-2-10-18-16/h1,3-4,6-9,11,19H,2,5,10H2,(H,18,20)/p+1. The molecule has 0 spiro atoms. The number of halogens is 1.